The first-order valence-electron chi connectivity index (χ1n) is 5.19. The molecule has 0 saturated carbocycles. The molecule has 100 valence electrons. The molecule has 0 atom stereocenters. The minimum Gasteiger partial charge on any atom is -0.369 e. The summed E-state index contributed by atoms with van der Waals surface area (Å²) in [5.74, 6) is -0.564. The molecule has 1 aromatic carbocycles. The predicted octanol–water partition coefficient (Wildman–Crippen LogP) is 3.41. The molecule has 0 heterocycles. The van der Waals surface area contributed by atoms with E-state index >= 15 is 0 Å². The van der Waals surface area contributed by atoms with Crippen molar-refractivity contribution in [3.05, 3.63) is 34.3 Å². The van der Waals surface area contributed by atoms with Crippen LogP contribution in [-0.4, -0.2) is 5.91 Å². The molecule has 0 aliphatic carbocycles. The van der Waals surface area contributed by atoms with E-state index in [1.54, 1.807) is 13.8 Å². The van der Waals surface area contributed by atoms with E-state index in [9.17, 15) is 18.0 Å². The molecule has 0 aliphatic heterocycles. The SMILES string of the molecule is CC(C)(Cc1ccc(Cl)c(C(F)(F)F)c1)C(N)=O. The van der Waals surface area contributed by atoms with Gasteiger partial charge in [0.05, 0.1) is 10.6 Å². The maximum absolute atomic E-state index is 12.6. The summed E-state index contributed by atoms with van der Waals surface area (Å²) in [6, 6.07) is 3.59. The number of alkyl halides is 3. The largest absolute Gasteiger partial charge is 0.417 e. The lowest BCUT2D eigenvalue weighted by Gasteiger charge is -2.21. The van der Waals surface area contributed by atoms with Crippen LogP contribution in [-0.2, 0) is 17.4 Å². The van der Waals surface area contributed by atoms with Crippen LogP contribution >= 0.6 is 11.6 Å². The van der Waals surface area contributed by atoms with Crippen molar-refractivity contribution in [3.63, 3.8) is 0 Å². The van der Waals surface area contributed by atoms with Crippen molar-refractivity contribution in [2.75, 3.05) is 0 Å². The zero-order valence-electron chi connectivity index (χ0n) is 9.94. The molecule has 1 aromatic rings. The number of rotatable bonds is 3. The minimum absolute atomic E-state index is 0.128. The lowest BCUT2D eigenvalue weighted by Crippen LogP contribution is -2.33. The number of amides is 1. The Hall–Kier alpha value is -1.23. The maximum atomic E-state index is 12.6. The van der Waals surface area contributed by atoms with E-state index in [1.807, 2.05) is 0 Å². The molecule has 0 bridgehead atoms. The van der Waals surface area contributed by atoms with Crippen LogP contribution in [0, 0.1) is 5.41 Å². The Bertz CT molecular complexity index is 469. The Labute approximate surface area is 108 Å². The highest BCUT2D eigenvalue weighted by Gasteiger charge is 2.34. The third-order valence-electron chi connectivity index (χ3n) is 2.65. The van der Waals surface area contributed by atoms with Crippen molar-refractivity contribution < 1.29 is 18.0 Å². The van der Waals surface area contributed by atoms with Crippen molar-refractivity contribution in [3.8, 4) is 0 Å². The van der Waals surface area contributed by atoms with Crippen LogP contribution in [0.4, 0.5) is 13.2 Å². The van der Waals surface area contributed by atoms with Crippen molar-refractivity contribution in [1.82, 2.24) is 0 Å². The second-order valence-corrected chi connectivity index (χ2v) is 5.14. The van der Waals surface area contributed by atoms with E-state index in [4.69, 9.17) is 17.3 Å². The molecule has 6 heteroatoms. The summed E-state index contributed by atoms with van der Waals surface area (Å²) < 4.78 is 37.9. The molecule has 18 heavy (non-hydrogen) atoms. The molecule has 1 amide bonds. The summed E-state index contributed by atoms with van der Waals surface area (Å²) in [6.07, 6.45) is -4.38. The van der Waals surface area contributed by atoms with Crippen molar-refractivity contribution in [2.45, 2.75) is 26.4 Å². The van der Waals surface area contributed by atoms with E-state index in [-0.39, 0.29) is 11.4 Å². The molecular weight excluding hydrogens is 267 g/mol. The molecule has 0 fully saturated rings. The van der Waals surface area contributed by atoms with Crippen LogP contribution in [0.1, 0.15) is 25.0 Å². The summed E-state index contributed by atoms with van der Waals surface area (Å²) in [5.41, 5.74) is 3.75. The molecule has 2 nitrogen and oxygen atoms in total. The van der Waals surface area contributed by atoms with Gasteiger partial charge in [-0.3, -0.25) is 4.79 Å². The number of nitrogens with two attached hydrogens (primary N) is 1. The summed E-state index contributed by atoms with van der Waals surface area (Å²) in [7, 11) is 0. The van der Waals surface area contributed by atoms with Gasteiger partial charge in [-0.1, -0.05) is 31.5 Å². The van der Waals surface area contributed by atoms with Gasteiger partial charge < -0.3 is 5.73 Å². The predicted molar refractivity (Wildman–Crippen MR) is 63.1 cm³/mol. The molecule has 0 aromatic heterocycles. The Morgan fingerprint density at radius 3 is 2.33 bits per heavy atom. The zero-order valence-corrected chi connectivity index (χ0v) is 10.7. The number of hydrogen-bond acceptors (Lipinski definition) is 1. The third kappa shape index (κ3) is 3.38. The number of halogens is 4. The van der Waals surface area contributed by atoms with Gasteiger partial charge >= 0.3 is 6.18 Å². The highest BCUT2D eigenvalue weighted by atomic mass is 35.5. The van der Waals surface area contributed by atoms with Crippen molar-refractivity contribution in [2.24, 2.45) is 11.1 Å². The number of carbonyl (C=O) groups is 1. The van der Waals surface area contributed by atoms with Gasteiger partial charge in [0, 0.05) is 5.41 Å². The summed E-state index contributed by atoms with van der Waals surface area (Å²) in [5, 5.41) is -0.358. The summed E-state index contributed by atoms with van der Waals surface area (Å²) in [6.45, 7) is 3.16. The molecule has 0 saturated heterocycles. The number of hydrogen-bond donors (Lipinski definition) is 1. The molecule has 2 N–H and O–H groups in total. The topological polar surface area (TPSA) is 43.1 Å². The third-order valence-corrected chi connectivity index (χ3v) is 2.98. The minimum atomic E-state index is -4.51. The highest BCUT2D eigenvalue weighted by molar-refractivity contribution is 6.31. The van der Waals surface area contributed by atoms with Crippen LogP contribution < -0.4 is 5.73 Å². The molecule has 0 unspecified atom stereocenters. The smallest absolute Gasteiger partial charge is 0.369 e. The zero-order chi connectivity index (χ0) is 14.1. The van der Waals surface area contributed by atoms with Gasteiger partial charge in [0.25, 0.3) is 0 Å². The van der Waals surface area contributed by atoms with Crippen LogP contribution in [0.3, 0.4) is 0 Å². The van der Waals surface area contributed by atoms with E-state index < -0.39 is 23.1 Å². The standard InChI is InChI=1S/C12H13ClF3NO/c1-11(2,10(17)18)6-7-3-4-9(13)8(5-7)12(14,15)16/h3-5H,6H2,1-2H3,(H2,17,18). The van der Waals surface area contributed by atoms with Gasteiger partial charge in [0.1, 0.15) is 0 Å². The van der Waals surface area contributed by atoms with Crippen LogP contribution in [0.15, 0.2) is 18.2 Å². The Morgan fingerprint density at radius 2 is 1.89 bits per heavy atom. The van der Waals surface area contributed by atoms with Gasteiger partial charge in [-0.2, -0.15) is 13.2 Å². The highest BCUT2D eigenvalue weighted by Crippen LogP contribution is 2.36. The van der Waals surface area contributed by atoms with E-state index in [1.165, 1.54) is 12.1 Å². The van der Waals surface area contributed by atoms with E-state index in [0.717, 1.165) is 6.07 Å². The molecule has 0 aliphatic rings. The summed E-state index contributed by atoms with van der Waals surface area (Å²) >= 11 is 5.50. The maximum Gasteiger partial charge on any atom is 0.417 e. The van der Waals surface area contributed by atoms with Gasteiger partial charge in [-0.05, 0) is 24.1 Å². The second-order valence-electron chi connectivity index (χ2n) is 4.74. The first-order chi connectivity index (χ1) is 8.04. The van der Waals surface area contributed by atoms with E-state index in [0.29, 0.717) is 5.56 Å². The normalized spacial score (nSPS) is 12.6. The molecule has 1 rings (SSSR count). The van der Waals surface area contributed by atoms with Gasteiger partial charge in [-0.25, -0.2) is 0 Å². The first-order valence-corrected chi connectivity index (χ1v) is 5.57. The Morgan fingerprint density at radius 1 is 1.33 bits per heavy atom. The number of benzene rings is 1. The lowest BCUT2D eigenvalue weighted by atomic mass is 9.85. The van der Waals surface area contributed by atoms with Crippen molar-refractivity contribution in [1.29, 1.82) is 0 Å². The van der Waals surface area contributed by atoms with Gasteiger partial charge in [-0.15, -0.1) is 0 Å². The molecule has 0 radical (unpaired) electrons. The van der Waals surface area contributed by atoms with E-state index in [2.05, 4.69) is 0 Å². The van der Waals surface area contributed by atoms with Gasteiger partial charge in [0.15, 0.2) is 0 Å². The quantitative estimate of drug-likeness (QED) is 0.905. The first kappa shape index (κ1) is 14.8. The van der Waals surface area contributed by atoms with Crippen LogP contribution in [0.5, 0.6) is 0 Å². The number of primary amides is 1. The molecule has 0 spiro atoms. The van der Waals surface area contributed by atoms with Crippen LogP contribution in [0.25, 0.3) is 0 Å². The van der Waals surface area contributed by atoms with Crippen LogP contribution in [0.2, 0.25) is 5.02 Å². The Balaban J connectivity index is 3.11. The monoisotopic (exact) mass is 279 g/mol. The molecular formula is C12H13ClF3NO. The fraction of sp³-hybridized carbons (Fsp3) is 0.417. The average Bonchev–Trinajstić information content (AvgIpc) is 2.18. The van der Waals surface area contributed by atoms with Gasteiger partial charge in [0.2, 0.25) is 5.91 Å². The second kappa shape index (κ2) is 4.80. The summed E-state index contributed by atoms with van der Waals surface area (Å²) in [4.78, 5) is 11.1. The Kier molecular flexibility index (Phi) is 3.96. The lowest BCUT2D eigenvalue weighted by molar-refractivity contribution is -0.137. The average molecular weight is 280 g/mol. The number of carbonyl (C=O) groups excluding carboxylic acids is 1. The fourth-order valence-electron chi connectivity index (χ4n) is 1.50. The van der Waals surface area contributed by atoms with Crippen molar-refractivity contribution >= 4 is 17.5 Å². The fourth-order valence-corrected chi connectivity index (χ4v) is 1.72.